The zero-order valence-corrected chi connectivity index (χ0v) is 16.7. The van der Waals surface area contributed by atoms with Gasteiger partial charge >= 0.3 is 23.6 Å². The summed E-state index contributed by atoms with van der Waals surface area (Å²) >= 11 is 0. The van der Waals surface area contributed by atoms with Crippen molar-refractivity contribution in [2.75, 3.05) is 18.4 Å². The second kappa shape index (κ2) is 11.1. The standard InChI is InChI=1S/C20H23N5O5/c1-3-25(4-2)20(29)19(28)24-22-13-16-11-10-15(30-16)12-21-17(26)18(27)23-14-8-6-5-7-9-14/h5-11,13H,3-4,12H2,1-2H3,(H,21,26)(H,23,27)(H,24,28). The summed E-state index contributed by atoms with van der Waals surface area (Å²) in [7, 11) is 0. The molecular formula is C20H23N5O5. The fourth-order valence-electron chi connectivity index (χ4n) is 2.37. The Kier molecular flexibility index (Phi) is 8.30. The third kappa shape index (κ3) is 6.59. The van der Waals surface area contributed by atoms with Crippen molar-refractivity contribution in [1.82, 2.24) is 15.6 Å². The molecule has 10 heteroatoms. The van der Waals surface area contributed by atoms with E-state index in [1.807, 2.05) is 0 Å². The van der Waals surface area contributed by atoms with Gasteiger partial charge in [0, 0.05) is 18.8 Å². The molecule has 0 radical (unpaired) electrons. The van der Waals surface area contributed by atoms with Gasteiger partial charge in [-0.1, -0.05) is 18.2 Å². The highest BCUT2D eigenvalue weighted by molar-refractivity contribution is 6.39. The van der Waals surface area contributed by atoms with Crippen LogP contribution in [0.25, 0.3) is 0 Å². The topological polar surface area (TPSA) is 133 Å². The van der Waals surface area contributed by atoms with Crippen molar-refractivity contribution < 1.29 is 23.6 Å². The van der Waals surface area contributed by atoms with Crippen molar-refractivity contribution >= 4 is 35.5 Å². The molecule has 0 fully saturated rings. The molecule has 0 aliphatic rings. The van der Waals surface area contributed by atoms with Gasteiger partial charge < -0.3 is 20.0 Å². The lowest BCUT2D eigenvalue weighted by Gasteiger charge is -2.16. The fraction of sp³-hybridized carbons (Fsp3) is 0.250. The summed E-state index contributed by atoms with van der Waals surface area (Å²) in [5, 5.41) is 8.59. The number of benzene rings is 1. The quantitative estimate of drug-likeness (QED) is 0.352. The molecule has 0 spiro atoms. The summed E-state index contributed by atoms with van der Waals surface area (Å²) < 4.78 is 5.42. The first-order valence-corrected chi connectivity index (χ1v) is 9.29. The van der Waals surface area contributed by atoms with Gasteiger partial charge in [-0.3, -0.25) is 19.2 Å². The molecule has 1 aromatic heterocycles. The van der Waals surface area contributed by atoms with Crippen LogP contribution in [0.3, 0.4) is 0 Å². The molecule has 0 unspecified atom stereocenters. The summed E-state index contributed by atoms with van der Waals surface area (Å²) in [6.45, 7) is 4.37. The van der Waals surface area contributed by atoms with Crippen LogP contribution >= 0.6 is 0 Å². The van der Waals surface area contributed by atoms with Gasteiger partial charge in [-0.15, -0.1) is 0 Å². The van der Waals surface area contributed by atoms with Crippen LogP contribution in [-0.2, 0) is 25.7 Å². The molecular weight excluding hydrogens is 390 g/mol. The van der Waals surface area contributed by atoms with Gasteiger partial charge in [0.1, 0.15) is 11.5 Å². The highest BCUT2D eigenvalue weighted by atomic mass is 16.3. The maximum atomic E-state index is 11.9. The third-order valence-electron chi connectivity index (χ3n) is 3.95. The lowest BCUT2D eigenvalue weighted by atomic mass is 10.3. The Labute approximate surface area is 173 Å². The summed E-state index contributed by atoms with van der Waals surface area (Å²) in [4.78, 5) is 48.6. The van der Waals surface area contributed by atoms with Crippen LogP contribution in [0.5, 0.6) is 0 Å². The van der Waals surface area contributed by atoms with Crippen LogP contribution in [0, 0.1) is 0 Å². The molecule has 1 aromatic carbocycles. The third-order valence-corrected chi connectivity index (χ3v) is 3.95. The zero-order valence-electron chi connectivity index (χ0n) is 16.7. The van der Waals surface area contributed by atoms with Crippen LogP contribution in [0.4, 0.5) is 5.69 Å². The predicted molar refractivity (Wildman–Crippen MR) is 109 cm³/mol. The predicted octanol–water partition coefficient (Wildman–Crippen LogP) is 0.853. The molecule has 3 N–H and O–H groups in total. The lowest BCUT2D eigenvalue weighted by molar-refractivity contribution is -0.145. The number of furan rings is 1. The fourth-order valence-corrected chi connectivity index (χ4v) is 2.37. The lowest BCUT2D eigenvalue weighted by Crippen LogP contribution is -2.41. The van der Waals surface area contributed by atoms with E-state index in [0.717, 1.165) is 0 Å². The van der Waals surface area contributed by atoms with Crippen molar-refractivity contribution in [2.45, 2.75) is 20.4 Å². The van der Waals surface area contributed by atoms with Gasteiger partial charge in [-0.2, -0.15) is 5.10 Å². The average molecular weight is 413 g/mol. The molecule has 2 aromatic rings. The molecule has 0 aliphatic carbocycles. The Hall–Kier alpha value is -3.95. The van der Waals surface area contributed by atoms with E-state index >= 15 is 0 Å². The second-order valence-corrected chi connectivity index (χ2v) is 5.98. The van der Waals surface area contributed by atoms with E-state index in [0.29, 0.717) is 30.3 Å². The Morgan fingerprint density at radius 3 is 2.33 bits per heavy atom. The highest BCUT2D eigenvalue weighted by Gasteiger charge is 2.18. The summed E-state index contributed by atoms with van der Waals surface area (Å²) in [6.07, 6.45) is 1.22. The number of hydrogen-bond donors (Lipinski definition) is 3. The minimum atomic E-state index is -0.849. The molecule has 0 bridgehead atoms. The molecule has 0 atom stereocenters. The van der Waals surface area contributed by atoms with E-state index in [4.69, 9.17) is 4.42 Å². The highest BCUT2D eigenvalue weighted by Crippen LogP contribution is 2.06. The zero-order chi connectivity index (χ0) is 21.9. The van der Waals surface area contributed by atoms with Gasteiger partial charge in [0.2, 0.25) is 0 Å². The first-order chi connectivity index (χ1) is 14.4. The van der Waals surface area contributed by atoms with Crippen LogP contribution in [-0.4, -0.2) is 47.8 Å². The van der Waals surface area contributed by atoms with Crippen LogP contribution in [0.15, 0.2) is 52.0 Å². The van der Waals surface area contributed by atoms with E-state index in [1.165, 1.54) is 11.1 Å². The molecule has 4 amide bonds. The number of rotatable bonds is 7. The van der Waals surface area contributed by atoms with E-state index in [-0.39, 0.29) is 6.54 Å². The number of nitrogens with zero attached hydrogens (tertiary/aromatic N) is 2. The number of carbonyl (C=O) groups excluding carboxylic acids is 4. The number of carbonyl (C=O) groups is 4. The largest absolute Gasteiger partial charge is 0.458 e. The normalized spacial score (nSPS) is 10.5. The van der Waals surface area contributed by atoms with Gasteiger partial charge in [-0.25, -0.2) is 5.43 Å². The van der Waals surface area contributed by atoms with Gasteiger partial charge in [0.05, 0.1) is 12.8 Å². The number of anilines is 1. The Morgan fingerprint density at radius 2 is 1.67 bits per heavy atom. The molecule has 158 valence electrons. The van der Waals surface area contributed by atoms with Gasteiger partial charge in [-0.05, 0) is 38.1 Å². The smallest absolute Gasteiger partial charge is 0.329 e. The maximum Gasteiger partial charge on any atom is 0.329 e. The van der Waals surface area contributed by atoms with E-state index in [2.05, 4.69) is 21.2 Å². The van der Waals surface area contributed by atoms with Crippen LogP contribution in [0.2, 0.25) is 0 Å². The summed E-state index contributed by atoms with van der Waals surface area (Å²) in [5.41, 5.74) is 2.64. The molecule has 0 saturated heterocycles. The first-order valence-electron chi connectivity index (χ1n) is 9.29. The Morgan fingerprint density at radius 1 is 0.967 bits per heavy atom. The monoisotopic (exact) mass is 413 g/mol. The van der Waals surface area contributed by atoms with Crippen molar-refractivity contribution in [3.8, 4) is 0 Å². The number of nitrogens with one attached hydrogen (secondary N) is 3. The summed E-state index contributed by atoms with van der Waals surface area (Å²) in [6, 6.07) is 11.7. The first kappa shape index (κ1) is 22.3. The van der Waals surface area contributed by atoms with Crippen LogP contribution < -0.4 is 16.1 Å². The number of amides is 4. The van der Waals surface area contributed by atoms with E-state index in [9.17, 15) is 19.2 Å². The summed E-state index contributed by atoms with van der Waals surface area (Å²) in [5.74, 6) is -2.46. The van der Waals surface area contributed by atoms with Crippen molar-refractivity contribution in [1.29, 1.82) is 0 Å². The maximum absolute atomic E-state index is 11.9. The molecule has 10 nitrogen and oxygen atoms in total. The van der Waals surface area contributed by atoms with E-state index in [1.54, 1.807) is 56.3 Å². The van der Waals surface area contributed by atoms with Gasteiger partial charge in [0.25, 0.3) is 0 Å². The number of hydrazone groups is 1. The molecule has 0 saturated carbocycles. The van der Waals surface area contributed by atoms with Gasteiger partial charge in [0.15, 0.2) is 0 Å². The Balaban J connectivity index is 1.80. The number of para-hydroxylation sites is 1. The molecule has 2 rings (SSSR count). The average Bonchev–Trinajstić information content (AvgIpc) is 3.21. The Bertz CT molecular complexity index is 919. The van der Waals surface area contributed by atoms with E-state index < -0.39 is 23.6 Å². The number of hydrogen-bond acceptors (Lipinski definition) is 6. The van der Waals surface area contributed by atoms with Crippen molar-refractivity contribution in [3.63, 3.8) is 0 Å². The number of likely N-dealkylation sites (N-methyl/N-ethyl adjacent to an activating group) is 1. The molecule has 1 heterocycles. The van der Waals surface area contributed by atoms with Crippen molar-refractivity contribution in [2.24, 2.45) is 5.10 Å². The second-order valence-electron chi connectivity index (χ2n) is 5.98. The molecule has 30 heavy (non-hydrogen) atoms. The van der Waals surface area contributed by atoms with Crippen LogP contribution in [0.1, 0.15) is 25.4 Å². The minimum absolute atomic E-state index is 0.0122. The SMILES string of the molecule is CCN(CC)C(=O)C(=O)NN=Cc1ccc(CNC(=O)C(=O)Nc2ccccc2)o1. The van der Waals surface area contributed by atoms with Crippen molar-refractivity contribution in [3.05, 3.63) is 54.0 Å². The molecule has 0 aliphatic heterocycles. The minimum Gasteiger partial charge on any atom is -0.458 e.